The van der Waals surface area contributed by atoms with Gasteiger partial charge in [0.25, 0.3) is 5.91 Å². The number of esters is 1. The Hall–Kier alpha value is -1.30. The summed E-state index contributed by atoms with van der Waals surface area (Å²) < 4.78 is 4.55. The maximum absolute atomic E-state index is 11.3. The molecule has 0 aromatic rings. The van der Waals surface area contributed by atoms with E-state index in [-0.39, 0.29) is 13.2 Å². The van der Waals surface area contributed by atoms with Crippen molar-refractivity contribution in [2.45, 2.75) is 31.3 Å². The van der Waals surface area contributed by atoms with Crippen LogP contribution in [0.3, 0.4) is 0 Å². The highest BCUT2D eigenvalue weighted by atomic mass is 16.5. The number of nitrogens with one attached hydrogen (secondary N) is 2. The molecular weight excluding hydrogens is 276 g/mol. The fraction of sp³-hybridized carbons (Fsp3) is 0.800. The first-order valence-corrected chi connectivity index (χ1v) is 5.86. The average Bonchev–Trinajstić information content (AvgIpc) is 2.44. The van der Waals surface area contributed by atoms with E-state index in [1.807, 2.05) is 5.43 Å². The van der Waals surface area contributed by atoms with Crippen LogP contribution >= 0.6 is 0 Å². The third-order valence-corrected chi connectivity index (χ3v) is 2.27. The molecule has 0 bridgehead atoms. The van der Waals surface area contributed by atoms with Crippen LogP contribution in [0.15, 0.2) is 0 Å². The van der Waals surface area contributed by atoms with E-state index in [4.69, 9.17) is 10.2 Å². The van der Waals surface area contributed by atoms with E-state index in [0.717, 1.165) is 0 Å². The lowest BCUT2D eigenvalue weighted by Gasteiger charge is -2.24. The van der Waals surface area contributed by atoms with Crippen LogP contribution < -0.4 is 10.9 Å². The summed E-state index contributed by atoms with van der Waals surface area (Å²) in [5.41, 5.74) is 4.06. The van der Waals surface area contributed by atoms with Crippen LogP contribution in [0.2, 0.25) is 0 Å². The molecule has 7 N–H and O–H groups in total. The van der Waals surface area contributed by atoms with E-state index in [9.17, 15) is 24.9 Å². The molecule has 118 valence electrons. The quantitative estimate of drug-likeness (QED) is 0.164. The van der Waals surface area contributed by atoms with Crippen molar-refractivity contribution in [2.75, 3.05) is 19.8 Å². The third-order valence-electron chi connectivity index (χ3n) is 2.27. The lowest BCUT2D eigenvalue weighted by atomic mass is 10.0. The summed E-state index contributed by atoms with van der Waals surface area (Å²) in [6.45, 7) is 0.559. The predicted molar refractivity (Wildman–Crippen MR) is 63.9 cm³/mol. The van der Waals surface area contributed by atoms with Crippen molar-refractivity contribution in [1.29, 1.82) is 0 Å². The van der Waals surface area contributed by atoms with Gasteiger partial charge >= 0.3 is 5.97 Å². The number of hydrazine groups is 1. The molecule has 0 radical (unpaired) electrons. The minimum atomic E-state index is -2.07. The van der Waals surface area contributed by atoms with Crippen molar-refractivity contribution in [3.05, 3.63) is 0 Å². The molecule has 0 saturated heterocycles. The standard InChI is InChI=1S/C10H20N2O8/c1-2-20-6(15)3-11-12-10(19)9(18)8(17)7(16)5(14)4-13/h5,7-9,11,13-14,16-18H,2-4H2,1H3,(H,12,19)/t5-,7-,8+,9+/m1/s1. The molecule has 0 heterocycles. The highest BCUT2D eigenvalue weighted by Gasteiger charge is 2.34. The molecule has 10 nitrogen and oxygen atoms in total. The minimum absolute atomic E-state index is 0.168. The third kappa shape index (κ3) is 6.23. The van der Waals surface area contributed by atoms with Crippen molar-refractivity contribution >= 4 is 11.9 Å². The molecule has 0 aliphatic heterocycles. The van der Waals surface area contributed by atoms with Crippen LogP contribution in [0, 0.1) is 0 Å². The second kappa shape index (κ2) is 9.58. The first-order chi connectivity index (χ1) is 9.34. The molecule has 0 aliphatic rings. The summed E-state index contributed by atoms with van der Waals surface area (Å²) in [5, 5.41) is 45.7. The normalized spacial score (nSPS) is 16.9. The van der Waals surface area contributed by atoms with E-state index in [0.29, 0.717) is 0 Å². The van der Waals surface area contributed by atoms with E-state index in [2.05, 4.69) is 10.2 Å². The van der Waals surface area contributed by atoms with Gasteiger partial charge in [-0.1, -0.05) is 0 Å². The Kier molecular flexibility index (Phi) is 8.96. The van der Waals surface area contributed by atoms with Crippen molar-refractivity contribution in [2.24, 2.45) is 0 Å². The Bertz CT molecular complexity index is 314. The summed E-state index contributed by atoms with van der Waals surface area (Å²) in [5.74, 6) is -1.77. The summed E-state index contributed by atoms with van der Waals surface area (Å²) >= 11 is 0. The number of carbonyl (C=O) groups excluding carboxylic acids is 2. The van der Waals surface area contributed by atoms with Crippen LogP contribution in [0.25, 0.3) is 0 Å². The molecule has 0 fully saturated rings. The molecular formula is C10H20N2O8. The molecule has 0 aromatic carbocycles. The maximum Gasteiger partial charge on any atom is 0.321 e. The number of carbonyl (C=O) groups is 2. The van der Waals surface area contributed by atoms with Crippen LogP contribution in [-0.4, -0.2) is 81.6 Å². The molecule has 0 saturated carbocycles. The smallest absolute Gasteiger partial charge is 0.321 e. The molecule has 0 aliphatic carbocycles. The molecule has 0 rings (SSSR count). The maximum atomic E-state index is 11.3. The van der Waals surface area contributed by atoms with Gasteiger partial charge in [-0.15, -0.1) is 0 Å². The highest BCUT2D eigenvalue weighted by molar-refractivity contribution is 5.81. The summed E-state index contributed by atoms with van der Waals surface area (Å²) in [4.78, 5) is 22.3. The lowest BCUT2D eigenvalue weighted by Crippen LogP contribution is -2.54. The summed E-state index contributed by atoms with van der Waals surface area (Å²) in [6.07, 6.45) is -7.70. The number of amides is 1. The van der Waals surface area contributed by atoms with E-state index < -0.39 is 42.9 Å². The first-order valence-electron chi connectivity index (χ1n) is 5.86. The van der Waals surface area contributed by atoms with Crippen molar-refractivity contribution in [3.8, 4) is 0 Å². The molecule has 1 amide bonds. The molecule has 0 aromatic heterocycles. The number of rotatable bonds is 9. The fourth-order valence-electron chi connectivity index (χ4n) is 1.17. The van der Waals surface area contributed by atoms with Gasteiger partial charge in [0.15, 0.2) is 6.10 Å². The summed E-state index contributed by atoms with van der Waals surface area (Å²) in [6, 6.07) is 0. The zero-order valence-electron chi connectivity index (χ0n) is 10.9. The topological polar surface area (TPSA) is 169 Å². The van der Waals surface area contributed by atoms with Gasteiger partial charge < -0.3 is 30.3 Å². The second-order valence-electron chi connectivity index (χ2n) is 3.82. The van der Waals surface area contributed by atoms with Gasteiger partial charge in [0.05, 0.1) is 13.2 Å². The molecule has 0 spiro atoms. The molecule has 4 atom stereocenters. The van der Waals surface area contributed by atoms with Crippen LogP contribution in [-0.2, 0) is 14.3 Å². The SMILES string of the molecule is CCOC(=O)CNNC(=O)[C@@H](O)[C@@H](O)[C@H](O)[C@H](O)CO. The lowest BCUT2D eigenvalue weighted by molar-refractivity contribution is -0.150. The average molecular weight is 296 g/mol. The zero-order valence-corrected chi connectivity index (χ0v) is 10.9. The molecule has 0 unspecified atom stereocenters. The van der Waals surface area contributed by atoms with E-state index in [1.54, 1.807) is 6.92 Å². The minimum Gasteiger partial charge on any atom is -0.465 e. The van der Waals surface area contributed by atoms with Crippen LogP contribution in [0.1, 0.15) is 6.92 Å². The highest BCUT2D eigenvalue weighted by Crippen LogP contribution is 2.04. The van der Waals surface area contributed by atoms with Gasteiger partial charge in [-0.05, 0) is 6.92 Å². The molecule has 20 heavy (non-hydrogen) atoms. The Morgan fingerprint density at radius 3 is 2.25 bits per heavy atom. The Labute approximate surface area is 115 Å². The van der Waals surface area contributed by atoms with E-state index in [1.165, 1.54) is 0 Å². The van der Waals surface area contributed by atoms with Crippen molar-refractivity contribution in [1.82, 2.24) is 10.9 Å². The van der Waals surface area contributed by atoms with Crippen LogP contribution in [0.5, 0.6) is 0 Å². The number of ether oxygens (including phenoxy) is 1. The monoisotopic (exact) mass is 296 g/mol. The largest absolute Gasteiger partial charge is 0.465 e. The van der Waals surface area contributed by atoms with Crippen LogP contribution in [0.4, 0.5) is 0 Å². The summed E-state index contributed by atoms with van der Waals surface area (Å²) in [7, 11) is 0. The number of aliphatic hydroxyl groups excluding tert-OH is 5. The number of hydrogen-bond acceptors (Lipinski definition) is 9. The first kappa shape index (κ1) is 18.7. The van der Waals surface area contributed by atoms with Crippen molar-refractivity contribution < 1.29 is 39.9 Å². The van der Waals surface area contributed by atoms with Gasteiger partial charge in [0.2, 0.25) is 0 Å². The zero-order chi connectivity index (χ0) is 15.7. The Balaban J connectivity index is 4.17. The second-order valence-corrected chi connectivity index (χ2v) is 3.82. The van der Waals surface area contributed by atoms with Gasteiger partial charge in [-0.3, -0.25) is 15.0 Å². The van der Waals surface area contributed by atoms with Gasteiger partial charge in [0, 0.05) is 0 Å². The van der Waals surface area contributed by atoms with Gasteiger partial charge in [-0.2, -0.15) is 0 Å². The Morgan fingerprint density at radius 1 is 1.15 bits per heavy atom. The predicted octanol–water partition coefficient (Wildman–Crippen LogP) is -4.39. The Morgan fingerprint density at radius 2 is 1.75 bits per heavy atom. The van der Waals surface area contributed by atoms with E-state index >= 15 is 0 Å². The number of aliphatic hydroxyl groups is 5. The van der Waals surface area contributed by atoms with Crippen molar-refractivity contribution in [3.63, 3.8) is 0 Å². The van der Waals surface area contributed by atoms with Gasteiger partial charge in [-0.25, -0.2) is 5.43 Å². The van der Waals surface area contributed by atoms with Gasteiger partial charge in [0.1, 0.15) is 24.9 Å². The fourth-order valence-corrected chi connectivity index (χ4v) is 1.17. The number of hydrogen-bond donors (Lipinski definition) is 7. The molecule has 10 heteroatoms.